The molecule has 1 amide bonds. The maximum atomic E-state index is 14.5. The van der Waals surface area contributed by atoms with E-state index < -0.39 is 28.5 Å². The maximum Gasteiger partial charge on any atom is 0.344 e. The first-order valence-electron chi connectivity index (χ1n) is 11.0. The molecule has 0 unspecified atom stereocenters. The minimum absolute atomic E-state index is 0.0541. The van der Waals surface area contributed by atoms with Gasteiger partial charge in [-0.05, 0) is 45.6 Å². The number of benzene rings is 1. The molecule has 0 saturated heterocycles. The van der Waals surface area contributed by atoms with E-state index in [0.29, 0.717) is 23.4 Å². The summed E-state index contributed by atoms with van der Waals surface area (Å²) in [5, 5.41) is 0. The van der Waals surface area contributed by atoms with Gasteiger partial charge in [-0.1, -0.05) is 25.1 Å². The third-order valence-electron chi connectivity index (χ3n) is 6.90. The van der Waals surface area contributed by atoms with Gasteiger partial charge in [-0.15, -0.1) is 0 Å². The van der Waals surface area contributed by atoms with Crippen LogP contribution in [0.5, 0.6) is 5.75 Å². The molecular weight excluding hydrogens is 424 g/mol. The highest BCUT2D eigenvalue weighted by atomic mass is 16.5. The van der Waals surface area contributed by atoms with Gasteiger partial charge in [-0.25, -0.2) is 9.59 Å². The molecule has 8 nitrogen and oxygen atoms in total. The lowest BCUT2D eigenvalue weighted by atomic mass is 9.68. The van der Waals surface area contributed by atoms with Crippen LogP contribution in [0.2, 0.25) is 0 Å². The summed E-state index contributed by atoms with van der Waals surface area (Å²) < 4.78 is 16.5. The van der Waals surface area contributed by atoms with Crippen LogP contribution in [0.1, 0.15) is 62.5 Å². The number of ether oxygens (including phenoxy) is 2. The molecule has 2 aromatic rings. The van der Waals surface area contributed by atoms with Crippen molar-refractivity contribution in [3.8, 4) is 5.75 Å². The van der Waals surface area contributed by atoms with Gasteiger partial charge in [0.25, 0.3) is 0 Å². The van der Waals surface area contributed by atoms with Gasteiger partial charge in [0, 0.05) is 17.2 Å². The molecule has 172 valence electrons. The number of carbonyl (C=O) groups is 2. The molecule has 0 fully saturated rings. The number of anilines is 1. The molecule has 0 bridgehead atoms. The van der Waals surface area contributed by atoms with Crippen LogP contribution in [-0.2, 0) is 19.7 Å². The highest BCUT2D eigenvalue weighted by Gasteiger charge is 2.66. The molecule has 2 atom stereocenters. The van der Waals surface area contributed by atoms with E-state index in [2.05, 4.69) is 6.92 Å². The first-order chi connectivity index (χ1) is 15.6. The molecule has 0 saturated carbocycles. The van der Waals surface area contributed by atoms with Crippen LogP contribution in [0.25, 0.3) is 0 Å². The molecule has 1 spiro atoms. The summed E-state index contributed by atoms with van der Waals surface area (Å²) in [6.07, 6.45) is 0.713. The molecule has 3 aliphatic rings. The lowest BCUT2D eigenvalue weighted by molar-refractivity contribution is -0.141. The Kier molecular flexibility index (Phi) is 4.34. The van der Waals surface area contributed by atoms with Crippen LogP contribution in [-0.4, -0.2) is 24.0 Å². The average molecular weight is 450 g/mol. The summed E-state index contributed by atoms with van der Waals surface area (Å²) in [6.45, 7) is 9.39. The van der Waals surface area contributed by atoms with Crippen LogP contribution in [0.15, 0.2) is 44.9 Å². The van der Waals surface area contributed by atoms with E-state index in [4.69, 9.17) is 19.6 Å². The molecule has 0 radical (unpaired) electrons. The number of para-hydroxylation sites is 1. The molecule has 1 aromatic heterocycles. The first kappa shape index (κ1) is 21.3. The molecule has 33 heavy (non-hydrogen) atoms. The Morgan fingerprint density at radius 1 is 1.30 bits per heavy atom. The minimum Gasteiger partial charge on any atom is -0.462 e. The van der Waals surface area contributed by atoms with Crippen LogP contribution in [0.3, 0.4) is 0 Å². The zero-order chi connectivity index (χ0) is 23.9. The fraction of sp³-hybridized carbons (Fsp3) is 0.400. The lowest BCUT2D eigenvalue weighted by Crippen LogP contribution is -2.56. The fourth-order valence-corrected chi connectivity index (χ4v) is 5.85. The summed E-state index contributed by atoms with van der Waals surface area (Å²) in [5.74, 6) is -0.939. The van der Waals surface area contributed by atoms with Crippen molar-refractivity contribution in [3.63, 3.8) is 0 Å². The normalized spacial score (nSPS) is 24.5. The minimum atomic E-state index is -1.83. The van der Waals surface area contributed by atoms with Crippen LogP contribution < -0.4 is 21.0 Å². The third kappa shape index (κ3) is 2.54. The highest BCUT2D eigenvalue weighted by Crippen LogP contribution is 2.60. The van der Waals surface area contributed by atoms with Gasteiger partial charge in [0.15, 0.2) is 0 Å². The Morgan fingerprint density at radius 2 is 2.03 bits per heavy atom. The van der Waals surface area contributed by atoms with Crippen molar-refractivity contribution in [1.82, 2.24) is 0 Å². The maximum absolute atomic E-state index is 14.5. The second-order valence-corrected chi connectivity index (χ2v) is 9.50. The molecule has 0 aliphatic carbocycles. The zero-order valence-electron chi connectivity index (χ0n) is 19.3. The Balaban J connectivity index is 1.97. The summed E-state index contributed by atoms with van der Waals surface area (Å²) in [5.41, 5.74) is 5.08. The first-order valence-corrected chi connectivity index (χ1v) is 11.0. The van der Waals surface area contributed by atoms with Crippen molar-refractivity contribution in [1.29, 1.82) is 0 Å². The van der Waals surface area contributed by atoms with E-state index >= 15 is 0 Å². The number of fused-ring (bicyclic) bond motifs is 3. The van der Waals surface area contributed by atoms with Gasteiger partial charge in [0.1, 0.15) is 28.1 Å². The molecule has 2 N–H and O–H groups in total. The van der Waals surface area contributed by atoms with Gasteiger partial charge in [-0.2, -0.15) is 0 Å². The number of hydrogen-bond acceptors (Lipinski definition) is 7. The average Bonchev–Trinajstić information content (AvgIpc) is 2.96. The summed E-state index contributed by atoms with van der Waals surface area (Å²) in [6, 6.07) is 7.10. The largest absolute Gasteiger partial charge is 0.462 e. The van der Waals surface area contributed by atoms with Crippen molar-refractivity contribution in [2.24, 2.45) is 5.73 Å². The molecule has 8 heteroatoms. The summed E-state index contributed by atoms with van der Waals surface area (Å²) in [4.78, 5) is 42.9. The van der Waals surface area contributed by atoms with E-state index in [1.165, 1.54) is 6.07 Å². The molecule has 1 aromatic carbocycles. The zero-order valence-corrected chi connectivity index (χ0v) is 19.3. The fourth-order valence-electron chi connectivity index (χ4n) is 5.85. The topological polar surface area (TPSA) is 112 Å². The van der Waals surface area contributed by atoms with Gasteiger partial charge in [0.2, 0.25) is 11.8 Å². The molecule has 3 aliphatic heterocycles. The van der Waals surface area contributed by atoms with Crippen molar-refractivity contribution in [3.05, 3.63) is 68.6 Å². The van der Waals surface area contributed by atoms with E-state index in [0.717, 1.165) is 5.56 Å². The number of nitrogens with zero attached hydrogens (tertiary/aromatic N) is 1. The molecule has 5 rings (SSSR count). The number of nitrogens with two attached hydrogens (primary N) is 1. The second-order valence-electron chi connectivity index (χ2n) is 9.50. The number of hydrogen-bond donors (Lipinski definition) is 1. The Morgan fingerprint density at radius 3 is 2.73 bits per heavy atom. The Labute approximate surface area is 191 Å². The SMILES string of the molecule is CCOC(=O)C1=C(N)Oc2cc(C)oc(=O)c2[C@@]12C(=O)N1c3c(cccc32)[C@@H](C)CC1(C)C. The van der Waals surface area contributed by atoms with Gasteiger partial charge < -0.3 is 24.5 Å². The number of amides is 1. The van der Waals surface area contributed by atoms with Crippen LogP contribution in [0, 0.1) is 6.92 Å². The van der Waals surface area contributed by atoms with E-state index in [9.17, 15) is 14.4 Å². The predicted octanol–water partition coefficient (Wildman–Crippen LogP) is 2.99. The number of aryl methyl sites for hydroxylation is 1. The van der Waals surface area contributed by atoms with E-state index in [1.54, 1.807) is 24.8 Å². The highest BCUT2D eigenvalue weighted by molar-refractivity contribution is 6.19. The quantitative estimate of drug-likeness (QED) is 0.700. The Hall–Kier alpha value is -3.55. The van der Waals surface area contributed by atoms with Crippen LogP contribution in [0.4, 0.5) is 5.69 Å². The lowest BCUT2D eigenvalue weighted by Gasteiger charge is -2.44. The van der Waals surface area contributed by atoms with Crippen molar-refractivity contribution < 1.29 is 23.5 Å². The number of esters is 1. The third-order valence-corrected chi connectivity index (χ3v) is 6.90. The summed E-state index contributed by atoms with van der Waals surface area (Å²) in [7, 11) is 0. The van der Waals surface area contributed by atoms with Gasteiger partial charge in [0.05, 0.1) is 12.3 Å². The Bertz CT molecular complexity index is 1320. The van der Waals surface area contributed by atoms with E-state index in [1.807, 2.05) is 26.0 Å². The number of carbonyl (C=O) groups excluding carboxylic acids is 2. The molecule has 4 heterocycles. The van der Waals surface area contributed by atoms with Crippen molar-refractivity contribution in [2.75, 3.05) is 11.5 Å². The van der Waals surface area contributed by atoms with Gasteiger partial charge in [-0.3, -0.25) is 4.79 Å². The smallest absolute Gasteiger partial charge is 0.344 e. The monoisotopic (exact) mass is 450 g/mol. The predicted molar refractivity (Wildman–Crippen MR) is 120 cm³/mol. The summed E-state index contributed by atoms with van der Waals surface area (Å²) >= 11 is 0. The standard InChI is InChI=1S/C25H26N2O6/c1-6-31-21(28)18-20(26)33-16-10-13(3)32-22(29)17(16)25(18)15-9-7-8-14-12(2)11-24(4,5)27(19(14)15)23(25)30/h7-10,12H,6,11,26H2,1-5H3/t12-,25+/m0/s1. The van der Waals surface area contributed by atoms with Gasteiger partial charge >= 0.3 is 11.6 Å². The second kappa shape index (κ2) is 6.73. The molecular formula is C25H26N2O6. The van der Waals surface area contributed by atoms with Crippen molar-refractivity contribution in [2.45, 2.75) is 57.9 Å². The van der Waals surface area contributed by atoms with E-state index in [-0.39, 0.29) is 35.3 Å². The van der Waals surface area contributed by atoms with Crippen LogP contribution >= 0.6 is 0 Å². The number of rotatable bonds is 2. The van der Waals surface area contributed by atoms with Crippen molar-refractivity contribution >= 4 is 17.6 Å².